The minimum atomic E-state index is -0.836. The Kier molecular flexibility index (Phi) is 3.93. The summed E-state index contributed by atoms with van der Waals surface area (Å²) in [6.07, 6.45) is 2.93. The molecule has 3 rings (SSSR count). The second-order valence-electron chi connectivity index (χ2n) is 5.19. The summed E-state index contributed by atoms with van der Waals surface area (Å²) in [4.78, 5) is 14.3. The van der Waals surface area contributed by atoms with E-state index in [9.17, 15) is 25.5 Å². The van der Waals surface area contributed by atoms with Crippen molar-refractivity contribution in [2.45, 2.75) is 6.92 Å². The molecule has 0 saturated heterocycles. The lowest BCUT2D eigenvalue weighted by molar-refractivity contribution is -0.609. The topological polar surface area (TPSA) is 128 Å². The molecule has 0 unspecified atom stereocenters. The number of aryl methyl sites for hydroxylation is 1. The maximum Gasteiger partial charge on any atom is 0.315 e. The first kappa shape index (κ1) is 16.5. The zero-order valence-corrected chi connectivity index (χ0v) is 13.5. The second kappa shape index (κ2) is 5.95. The molecule has 0 aliphatic carbocycles. The van der Waals surface area contributed by atoms with Gasteiger partial charge in [0.05, 0.1) is 4.92 Å². The maximum absolute atomic E-state index is 12.0. The van der Waals surface area contributed by atoms with Crippen molar-refractivity contribution in [2.75, 3.05) is 0 Å². The largest absolute Gasteiger partial charge is 0.617 e. The van der Waals surface area contributed by atoms with Crippen molar-refractivity contribution in [3.8, 4) is 28.6 Å². The SMILES string of the molecule is Cc1ccc(-n2ccnc2-c2cc(O)c(O)c([N+](=O)[O-])c2)c(Cl)[n+]1[O-]. The van der Waals surface area contributed by atoms with Crippen molar-refractivity contribution in [3.05, 3.63) is 62.8 Å². The lowest BCUT2D eigenvalue weighted by Gasteiger charge is -2.11. The van der Waals surface area contributed by atoms with E-state index in [1.54, 1.807) is 19.1 Å². The number of aromatic nitrogens is 3. The predicted octanol–water partition coefficient (Wildman–Crippen LogP) is 2.45. The Morgan fingerprint density at radius 2 is 2.04 bits per heavy atom. The van der Waals surface area contributed by atoms with E-state index in [2.05, 4.69) is 4.98 Å². The van der Waals surface area contributed by atoms with Crippen LogP contribution >= 0.6 is 11.6 Å². The number of rotatable bonds is 3. The van der Waals surface area contributed by atoms with E-state index in [0.29, 0.717) is 16.1 Å². The first-order valence-corrected chi connectivity index (χ1v) is 7.32. The van der Waals surface area contributed by atoms with Crippen LogP contribution in [0.3, 0.4) is 0 Å². The van der Waals surface area contributed by atoms with Crippen molar-refractivity contribution in [1.29, 1.82) is 0 Å². The van der Waals surface area contributed by atoms with E-state index in [-0.39, 0.29) is 16.5 Å². The number of benzene rings is 1. The summed E-state index contributed by atoms with van der Waals surface area (Å²) in [5.41, 5.74) is 0.206. The molecule has 0 radical (unpaired) electrons. The van der Waals surface area contributed by atoms with Gasteiger partial charge in [0, 0.05) is 37.0 Å². The van der Waals surface area contributed by atoms with Crippen LogP contribution in [0.1, 0.15) is 5.69 Å². The van der Waals surface area contributed by atoms with Gasteiger partial charge in [0.2, 0.25) is 5.75 Å². The molecule has 2 aromatic heterocycles. The summed E-state index contributed by atoms with van der Waals surface area (Å²) < 4.78 is 1.99. The first-order valence-electron chi connectivity index (χ1n) is 6.94. The molecule has 2 heterocycles. The van der Waals surface area contributed by atoms with Gasteiger partial charge in [-0.3, -0.25) is 14.7 Å². The van der Waals surface area contributed by atoms with Crippen LogP contribution in [-0.2, 0) is 0 Å². The number of aromatic hydroxyl groups is 2. The summed E-state index contributed by atoms with van der Waals surface area (Å²) in [7, 11) is 0. The minimum absolute atomic E-state index is 0.100. The number of phenolic OH excluding ortho intramolecular Hbond substituents is 2. The number of hydrogen-bond acceptors (Lipinski definition) is 6. The molecular formula is C15H11ClN4O5. The molecule has 1 aromatic carbocycles. The van der Waals surface area contributed by atoms with Crippen molar-refractivity contribution in [2.24, 2.45) is 0 Å². The predicted molar refractivity (Wildman–Crippen MR) is 87.7 cm³/mol. The summed E-state index contributed by atoms with van der Waals surface area (Å²) in [6, 6.07) is 5.37. The third-order valence-corrected chi connectivity index (χ3v) is 3.96. The van der Waals surface area contributed by atoms with Gasteiger partial charge in [-0.2, -0.15) is 4.73 Å². The average molecular weight is 363 g/mol. The first-order chi connectivity index (χ1) is 11.8. The second-order valence-corrected chi connectivity index (χ2v) is 5.54. The van der Waals surface area contributed by atoms with Crippen LogP contribution in [0.25, 0.3) is 17.1 Å². The van der Waals surface area contributed by atoms with Crippen LogP contribution in [0.4, 0.5) is 5.69 Å². The van der Waals surface area contributed by atoms with E-state index >= 15 is 0 Å². The molecular weight excluding hydrogens is 352 g/mol. The Labute approximate surface area is 145 Å². The number of hydrogen-bond donors (Lipinski definition) is 2. The Morgan fingerprint density at radius 3 is 2.72 bits per heavy atom. The zero-order valence-electron chi connectivity index (χ0n) is 12.8. The number of nitro benzene ring substituents is 1. The van der Waals surface area contributed by atoms with Crippen molar-refractivity contribution in [1.82, 2.24) is 9.55 Å². The molecule has 9 nitrogen and oxygen atoms in total. The maximum atomic E-state index is 12.0. The fraction of sp³-hybridized carbons (Fsp3) is 0.0667. The van der Waals surface area contributed by atoms with Gasteiger partial charge in [-0.05, 0) is 23.7 Å². The average Bonchev–Trinajstić information content (AvgIpc) is 3.04. The number of imidazole rings is 1. The van der Waals surface area contributed by atoms with Gasteiger partial charge >= 0.3 is 10.8 Å². The Balaban J connectivity index is 2.22. The van der Waals surface area contributed by atoms with Crippen LogP contribution < -0.4 is 4.73 Å². The molecule has 25 heavy (non-hydrogen) atoms. The molecule has 0 amide bonds. The molecule has 0 atom stereocenters. The van der Waals surface area contributed by atoms with Crippen molar-refractivity contribution >= 4 is 17.3 Å². The highest BCUT2D eigenvalue weighted by Crippen LogP contribution is 2.39. The molecule has 128 valence electrons. The lowest BCUT2D eigenvalue weighted by atomic mass is 10.1. The highest BCUT2D eigenvalue weighted by atomic mass is 35.5. The fourth-order valence-corrected chi connectivity index (χ4v) is 2.65. The van der Waals surface area contributed by atoms with Gasteiger partial charge in [0.25, 0.3) is 0 Å². The van der Waals surface area contributed by atoms with Gasteiger partial charge < -0.3 is 15.4 Å². The van der Waals surface area contributed by atoms with Gasteiger partial charge in [-0.1, -0.05) is 0 Å². The Bertz CT molecular complexity index is 1000. The molecule has 0 aliphatic heterocycles. The summed E-state index contributed by atoms with van der Waals surface area (Å²) >= 11 is 6.09. The number of nitro groups is 1. The third-order valence-electron chi connectivity index (χ3n) is 3.62. The number of pyridine rings is 1. The van der Waals surface area contributed by atoms with E-state index in [1.165, 1.54) is 17.0 Å². The van der Waals surface area contributed by atoms with Crippen LogP contribution in [-0.4, -0.2) is 24.7 Å². The summed E-state index contributed by atoms with van der Waals surface area (Å²) in [6.45, 7) is 1.60. The molecule has 0 fully saturated rings. The number of phenols is 2. The number of nitrogens with zero attached hydrogens (tertiary/aromatic N) is 4. The molecule has 3 aromatic rings. The smallest absolute Gasteiger partial charge is 0.315 e. The summed E-state index contributed by atoms with van der Waals surface area (Å²) in [5, 5.41) is 42.2. The zero-order chi connectivity index (χ0) is 18.3. The minimum Gasteiger partial charge on any atom is -0.617 e. The van der Waals surface area contributed by atoms with Crippen LogP contribution in [0.2, 0.25) is 5.15 Å². The van der Waals surface area contributed by atoms with E-state index in [1.807, 2.05) is 0 Å². The molecule has 0 aliphatic rings. The van der Waals surface area contributed by atoms with Crippen LogP contribution in [0.5, 0.6) is 11.5 Å². The molecule has 0 bridgehead atoms. The van der Waals surface area contributed by atoms with E-state index in [4.69, 9.17) is 11.6 Å². The van der Waals surface area contributed by atoms with Crippen molar-refractivity contribution < 1.29 is 19.9 Å². The Morgan fingerprint density at radius 1 is 1.32 bits per heavy atom. The quantitative estimate of drug-likeness (QED) is 0.184. The summed E-state index contributed by atoms with van der Waals surface area (Å²) in [5.74, 6) is -1.30. The highest BCUT2D eigenvalue weighted by molar-refractivity contribution is 6.30. The fourth-order valence-electron chi connectivity index (χ4n) is 2.36. The van der Waals surface area contributed by atoms with Gasteiger partial charge in [0.15, 0.2) is 11.4 Å². The van der Waals surface area contributed by atoms with Gasteiger partial charge in [-0.25, -0.2) is 4.98 Å². The normalized spacial score (nSPS) is 10.8. The van der Waals surface area contributed by atoms with Gasteiger partial charge in [-0.15, -0.1) is 0 Å². The Hall–Kier alpha value is -3.33. The van der Waals surface area contributed by atoms with Crippen molar-refractivity contribution in [3.63, 3.8) is 0 Å². The molecule has 0 saturated carbocycles. The number of halogens is 1. The van der Waals surface area contributed by atoms with Gasteiger partial charge in [0.1, 0.15) is 11.5 Å². The standard InChI is InChI=1S/C15H11ClN4O5/c1-8-2-3-10(14(16)19(8)23)18-5-4-17-15(18)9-6-11(20(24)25)13(22)12(21)7-9/h2-7,21-22H,1H3. The monoisotopic (exact) mass is 362 g/mol. The molecule has 2 N–H and O–H groups in total. The van der Waals surface area contributed by atoms with Crippen LogP contribution in [0, 0.1) is 22.2 Å². The molecule has 10 heteroatoms. The van der Waals surface area contributed by atoms with E-state index < -0.39 is 22.1 Å². The highest BCUT2D eigenvalue weighted by Gasteiger charge is 2.23. The van der Waals surface area contributed by atoms with Crippen LogP contribution in [0.15, 0.2) is 36.7 Å². The lowest BCUT2D eigenvalue weighted by Crippen LogP contribution is -2.32. The molecule has 0 spiro atoms. The van der Waals surface area contributed by atoms with E-state index in [0.717, 1.165) is 12.1 Å². The third kappa shape index (κ3) is 2.70.